The smallest absolute Gasteiger partial charge is 0.363 e. The van der Waals surface area contributed by atoms with Gasteiger partial charge in [-0.3, -0.25) is 0 Å². The molecule has 1 saturated heterocycles. The fraction of sp³-hybridized carbons (Fsp3) is 1.00. The molecule has 0 aromatic heterocycles. The summed E-state index contributed by atoms with van der Waals surface area (Å²) in [5.74, 6) is -11.8. The number of aliphatic hydroxyl groups excluding tert-OH is 1. The van der Waals surface area contributed by atoms with Crippen LogP contribution in [0.25, 0.3) is 0 Å². The summed E-state index contributed by atoms with van der Waals surface area (Å²) in [6.45, 7) is -2.40. The SMILES string of the molecule is OC1OCC(F)(C(F)(F)F)C(F)(F)C1(F)F. The highest BCUT2D eigenvalue weighted by Gasteiger charge is 2.84. The maximum atomic E-state index is 12.9. The van der Waals surface area contributed by atoms with Crippen molar-refractivity contribution in [1.29, 1.82) is 0 Å². The third-order valence-electron chi connectivity index (χ3n) is 2.12. The van der Waals surface area contributed by atoms with Crippen LogP contribution < -0.4 is 0 Å². The van der Waals surface area contributed by atoms with Gasteiger partial charge in [0.1, 0.15) is 0 Å². The summed E-state index contributed by atoms with van der Waals surface area (Å²) in [7, 11) is 0. The highest BCUT2D eigenvalue weighted by atomic mass is 19.4. The highest BCUT2D eigenvalue weighted by molar-refractivity contribution is 5.10. The van der Waals surface area contributed by atoms with Crippen molar-refractivity contribution in [2.75, 3.05) is 6.61 Å². The summed E-state index contributed by atoms with van der Waals surface area (Å²) >= 11 is 0. The van der Waals surface area contributed by atoms with Crippen molar-refractivity contribution in [1.82, 2.24) is 0 Å². The molecule has 1 aliphatic rings. The Hall–Kier alpha value is -0.640. The molecule has 0 aromatic carbocycles. The van der Waals surface area contributed by atoms with Gasteiger partial charge in [0.2, 0.25) is 6.29 Å². The van der Waals surface area contributed by atoms with Gasteiger partial charge in [-0.15, -0.1) is 0 Å². The highest BCUT2D eigenvalue weighted by Crippen LogP contribution is 2.55. The molecule has 2 unspecified atom stereocenters. The summed E-state index contributed by atoms with van der Waals surface area (Å²) < 4.78 is 103. The lowest BCUT2D eigenvalue weighted by Gasteiger charge is -2.44. The summed E-state index contributed by atoms with van der Waals surface area (Å²) in [6.07, 6.45) is -9.74. The molecule has 1 fully saturated rings. The number of alkyl halides is 8. The largest absolute Gasteiger partial charge is 0.431 e. The minimum atomic E-state index is -6.25. The molecule has 96 valence electrons. The maximum Gasteiger partial charge on any atom is 0.431 e. The number of aliphatic hydroxyl groups is 1. The Morgan fingerprint density at radius 3 is 1.88 bits per heavy atom. The van der Waals surface area contributed by atoms with Crippen LogP contribution in [0.3, 0.4) is 0 Å². The zero-order chi connectivity index (χ0) is 13.0. The van der Waals surface area contributed by atoms with Gasteiger partial charge in [0.05, 0.1) is 6.61 Å². The molecule has 0 saturated carbocycles. The van der Waals surface area contributed by atoms with E-state index in [4.69, 9.17) is 5.11 Å². The Labute approximate surface area is 82.8 Å². The molecule has 0 amide bonds. The van der Waals surface area contributed by atoms with E-state index < -0.39 is 36.6 Å². The van der Waals surface area contributed by atoms with Gasteiger partial charge in [-0.2, -0.15) is 30.7 Å². The second-order valence-electron chi connectivity index (χ2n) is 3.16. The Morgan fingerprint density at radius 2 is 1.50 bits per heavy atom. The zero-order valence-electron chi connectivity index (χ0n) is 7.16. The Morgan fingerprint density at radius 1 is 1.06 bits per heavy atom. The molecule has 2 atom stereocenters. The van der Waals surface area contributed by atoms with Crippen molar-refractivity contribution in [2.24, 2.45) is 0 Å². The molecule has 0 spiro atoms. The van der Waals surface area contributed by atoms with Gasteiger partial charge in [0.15, 0.2) is 0 Å². The number of ether oxygens (including phenoxy) is 1. The molecular weight excluding hydrogens is 256 g/mol. The van der Waals surface area contributed by atoms with Crippen molar-refractivity contribution in [2.45, 2.75) is 30.0 Å². The number of hydrogen-bond acceptors (Lipinski definition) is 2. The fourth-order valence-corrected chi connectivity index (χ4v) is 1.07. The maximum absolute atomic E-state index is 12.9. The topological polar surface area (TPSA) is 29.5 Å². The minimum absolute atomic E-state index is 2.40. The van der Waals surface area contributed by atoms with E-state index in [1.165, 1.54) is 0 Å². The van der Waals surface area contributed by atoms with Crippen LogP contribution in [0.1, 0.15) is 0 Å². The van der Waals surface area contributed by atoms with Crippen LogP contribution in [0.15, 0.2) is 0 Å². The lowest BCUT2D eigenvalue weighted by Crippen LogP contribution is -2.72. The van der Waals surface area contributed by atoms with E-state index in [-0.39, 0.29) is 0 Å². The van der Waals surface area contributed by atoms with Crippen LogP contribution in [-0.2, 0) is 4.74 Å². The van der Waals surface area contributed by atoms with Crippen molar-refractivity contribution in [3.05, 3.63) is 0 Å². The molecule has 1 N–H and O–H groups in total. The molecule has 16 heavy (non-hydrogen) atoms. The fourth-order valence-electron chi connectivity index (χ4n) is 1.07. The predicted molar refractivity (Wildman–Crippen MR) is 31.7 cm³/mol. The van der Waals surface area contributed by atoms with Gasteiger partial charge in [-0.05, 0) is 0 Å². The molecule has 0 bridgehead atoms. The van der Waals surface area contributed by atoms with Gasteiger partial charge in [-0.1, -0.05) is 0 Å². The van der Waals surface area contributed by atoms with Crippen LogP contribution in [0.5, 0.6) is 0 Å². The molecule has 0 aliphatic carbocycles. The van der Waals surface area contributed by atoms with Crippen molar-refractivity contribution in [3.63, 3.8) is 0 Å². The lowest BCUT2D eigenvalue weighted by molar-refractivity contribution is -0.433. The summed E-state index contributed by atoms with van der Waals surface area (Å²) in [6, 6.07) is 0. The molecule has 1 rings (SSSR count). The first kappa shape index (κ1) is 13.4. The van der Waals surface area contributed by atoms with E-state index in [2.05, 4.69) is 4.74 Å². The third-order valence-corrected chi connectivity index (χ3v) is 2.12. The molecule has 1 aliphatic heterocycles. The van der Waals surface area contributed by atoms with E-state index in [0.29, 0.717) is 0 Å². The first-order valence-electron chi connectivity index (χ1n) is 3.69. The molecule has 1 heterocycles. The van der Waals surface area contributed by atoms with Crippen LogP contribution in [0.4, 0.5) is 35.1 Å². The van der Waals surface area contributed by atoms with E-state index >= 15 is 0 Å². The van der Waals surface area contributed by atoms with Crippen molar-refractivity contribution < 1.29 is 45.0 Å². The van der Waals surface area contributed by atoms with Gasteiger partial charge in [0, 0.05) is 0 Å². The second kappa shape index (κ2) is 3.19. The van der Waals surface area contributed by atoms with Crippen LogP contribution in [0, 0.1) is 0 Å². The Balaban J connectivity index is 3.27. The molecular formula is C6H4F8O2. The molecule has 0 radical (unpaired) electrons. The first-order valence-corrected chi connectivity index (χ1v) is 3.69. The van der Waals surface area contributed by atoms with Crippen LogP contribution >= 0.6 is 0 Å². The lowest BCUT2D eigenvalue weighted by atomic mass is 9.89. The normalized spacial score (nSPS) is 38.4. The minimum Gasteiger partial charge on any atom is -0.363 e. The average molecular weight is 260 g/mol. The summed E-state index contributed by atoms with van der Waals surface area (Å²) in [4.78, 5) is 0. The predicted octanol–water partition coefficient (Wildman–Crippen LogP) is 1.88. The van der Waals surface area contributed by atoms with Crippen LogP contribution in [0.2, 0.25) is 0 Å². The standard InChI is InChI=1S/C6H4F8O2/c7-3(6(12,13)14)1-16-2(15)4(8,9)5(3,10)11/h2,15H,1H2. The van der Waals surface area contributed by atoms with E-state index in [9.17, 15) is 35.1 Å². The first-order chi connectivity index (χ1) is 6.88. The number of hydrogen-bond donors (Lipinski definition) is 1. The van der Waals surface area contributed by atoms with E-state index in [0.717, 1.165) is 0 Å². The number of rotatable bonds is 0. The van der Waals surface area contributed by atoms with Gasteiger partial charge >= 0.3 is 18.0 Å². The average Bonchev–Trinajstić information content (AvgIpc) is 2.08. The third kappa shape index (κ3) is 1.39. The molecule has 10 heteroatoms. The van der Waals surface area contributed by atoms with E-state index in [1.807, 2.05) is 0 Å². The van der Waals surface area contributed by atoms with Gasteiger partial charge < -0.3 is 9.84 Å². The van der Waals surface area contributed by atoms with E-state index in [1.54, 1.807) is 0 Å². The summed E-state index contributed by atoms with van der Waals surface area (Å²) in [5.41, 5.74) is -5.54. The van der Waals surface area contributed by atoms with Crippen molar-refractivity contribution in [3.8, 4) is 0 Å². The quantitative estimate of drug-likeness (QED) is 0.674. The van der Waals surface area contributed by atoms with Gasteiger partial charge in [0.25, 0.3) is 5.67 Å². The molecule has 0 aromatic rings. The second-order valence-corrected chi connectivity index (χ2v) is 3.16. The number of halogens is 8. The summed E-state index contributed by atoms with van der Waals surface area (Å²) in [5, 5.41) is 8.28. The zero-order valence-corrected chi connectivity index (χ0v) is 7.16. The van der Waals surface area contributed by atoms with Crippen molar-refractivity contribution >= 4 is 0 Å². The Kier molecular flexibility index (Phi) is 2.67. The monoisotopic (exact) mass is 260 g/mol. The van der Waals surface area contributed by atoms with Crippen LogP contribution in [-0.4, -0.2) is 41.7 Å². The van der Waals surface area contributed by atoms with Gasteiger partial charge in [-0.25, -0.2) is 4.39 Å². The molecule has 2 nitrogen and oxygen atoms in total. The Bertz CT molecular complexity index is 287.